The Morgan fingerprint density at radius 2 is 2.04 bits per heavy atom. The Morgan fingerprint density at radius 1 is 1.33 bits per heavy atom. The van der Waals surface area contributed by atoms with E-state index >= 15 is 0 Å². The summed E-state index contributed by atoms with van der Waals surface area (Å²) >= 11 is 0. The van der Waals surface area contributed by atoms with Gasteiger partial charge in [-0.2, -0.15) is 4.31 Å². The first-order valence-corrected chi connectivity index (χ1v) is 9.78. The molecule has 2 rings (SSSR count). The van der Waals surface area contributed by atoms with Crippen molar-refractivity contribution in [3.8, 4) is 0 Å². The molecule has 150 valence electrons. The minimum atomic E-state index is -3.98. The molecule has 1 aliphatic heterocycles. The van der Waals surface area contributed by atoms with Gasteiger partial charge >= 0.3 is 11.8 Å². The molecule has 0 aromatic heterocycles. The van der Waals surface area contributed by atoms with Crippen LogP contribution in [-0.2, 0) is 24.3 Å². The van der Waals surface area contributed by atoms with E-state index in [0.29, 0.717) is 13.0 Å². The molecule has 0 saturated carbocycles. The van der Waals surface area contributed by atoms with Crippen LogP contribution in [0.25, 0.3) is 0 Å². The van der Waals surface area contributed by atoms with E-state index < -0.39 is 33.9 Å². The number of aryl methyl sites for hydroxylation is 1. The standard InChI is InChI=1S/C16H22FN3O6S/c1-11-9-12(3-4-13(11)17)27(24,25)20-6-2-8-26-14(20)10-19-16(23)15(22)18-5-7-21/h3-4,9,14,21H,2,5-8,10H2,1H3,(H,18,22)(H,19,23)/t14-/m0/s1. The fourth-order valence-electron chi connectivity index (χ4n) is 2.53. The second kappa shape index (κ2) is 9.22. The summed E-state index contributed by atoms with van der Waals surface area (Å²) in [5, 5.41) is 13.1. The average molecular weight is 403 g/mol. The quantitative estimate of drug-likeness (QED) is 0.529. The molecule has 3 N–H and O–H groups in total. The van der Waals surface area contributed by atoms with Crippen LogP contribution in [0.4, 0.5) is 4.39 Å². The van der Waals surface area contributed by atoms with E-state index in [1.54, 1.807) is 0 Å². The fourth-order valence-corrected chi connectivity index (χ4v) is 4.18. The summed E-state index contributed by atoms with van der Waals surface area (Å²) in [6.07, 6.45) is -0.537. The summed E-state index contributed by atoms with van der Waals surface area (Å²) in [6, 6.07) is 3.48. The third-order valence-corrected chi connectivity index (χ3v) is 5.82. The highest BCUT2D eigenvalue weighted by Crippen LogP contribution is 2.23. The van der Waals surface area contributed by atoms with Crippen molar-refractivity contribution in [1.82, 2.24) is 14.9 Å². The highest BCUT2D eigenvalue weighted by molar-refractivity contribution is 7.89. The Balaban J connectivity index is 2.10. The molecule has 2 amide bonds. The number of carbonyl (C=O) groups is 2. The molecule has 1 aromatic carbocycles. The van der Waals surface area contributed by atoms with Crippen molar-refractivity contribution >= 4 is 21.8 Å². The van der Waals surface area contributed by atoms with Gasteiger partial charge in [0.15, 0.2) is 0 Å². The van der Waals surface area contributed by atoms with E-state index in [9.17, 15) is 22.4 Å². The van der Waals surface area contributed by atoms with Gasteiger partial charge < -0.3 is 20.5 Å². The maximum atomic E-state index is 13.4. The summed E-state index contributed by atoms with van der Waals surface area (Å²) in [7, 11) is -3.98. The number of halogens is 1. The van der Waals surface area contributed by atoms with Crippen molar-refractivity contribution in [3.63, 3.8) is 0 Å². The summed E-state index contributed by atoms with van der Waals surface area (Å²) in [4.78, 5) is 23.2. The molecule has 1 aromatic rings. The van der Waals surface area contributed by atoms with Crippen molar-refractivity contribution in [3.05, 3.63) is 29.6 Å². The first kappa shape index (κ1) is 21.2. The van der Waals surface area contributed by atoms with Crippen molar-refractivity contribution < 1.29 is 32.2 Å². The van der Waals surface area contributed by atoms with Crippen LogP contribution in [0.2, 0.25) is 0 Å². The van der Waals surface area contributed by atoms with Crippen molar-refractivity contribution in [1.29, 1.82) is 0 Å². The van der Waals surface area contributed by atoms with E-state index in [1.807, 2.05) is 0 Å². The maximum Gasteiger partial charge on any atom is 0.309 e. The normalized spacial score (nSPS) is 18.1. The number of hydrogen-bond acceptors (Lipinski definition) is 6. The van der Waals surface area contributed by atoms with Gasteiger partial charge in [0.05, 0.1) is 24.7 Å². The van der Waals surface area contributed by atoms with Gasteiger partial charge in [-0.1, -0.05) is 0 Å². The van der Waals surface area contributed by atoms with Crippen LogP contribution >= 0.6 is 0 Å². The first-order valence-electron chi connectivity index (χ1n) is 8.34. The Morgan fingerprint density at radius 3 is 2.70 bits per heavy atom. The van der Waals surface area contributed by atoms with Crippen LogP contribution in [0.1, 0.15) is 12.0 Å². The third-order valence-electron chi connectivity index (χ3n) is 3.93. The molecule has 27 heavy (non-hydrogen) atoms. The molecule has 1 atom stereocenters. The second-order valence-electron chi connectivity index (χ2n) is 5.90. The lowest BCUT2D eigenvalue weighted by Gasteiger charge is -2.34. The Hall–Kier alpha value is -2.08. The monoisotopic (exact) mass is 403 g/mol. The molecule has 1 aliphatic rings. The summed E-state index contributed by atoms with van der Waals surface area (Å²) < 4.78 is 45.7. The number of hydrogen-bond donors (Lipinski definition) is 3. The zero-order valence-electron chi connectivity index (χ0n) is 14.8. The number of ether oxygens (including phenoxy) is 1. The molecular formula is C16H22FN3O6S. The summed E-state index contributed by atoms with van der Waals surface area (Å²) in [5.41, 5.74) is 0.194. The number of aliphatic hydroxyl groups is 1. The van der Waals surface area contributed by atoms with Crippen LogP contribution in [0, 0.1) is 12.7 Å². The first-order chi connectivity index (χ1) is 12.8. The average Bonchev–Trinajstić information content (AvgIpc) is 2.66. The molecule has 11 heteroatoms. The van der Waals surface area contributed by atoms with E-state index in [0.717, 1.165) is 10.4 Å². The largest absolute Gasteiger partial charge is 0.395 e. The number of rotatable bonds is 6. The van der Waals surface area contributed by atoms with Gasteiger partial charge in [0.2, 0.25) is 10.0 Å². The SMILES string of the molecule is Cc1cc(S(=O)(=O)N2CCCO[C@H]2CNC(=O)C(=O)NCCO)ccc1F. The Bertz CT molecular complexity index is 801. The number of aliphatic hydroxyl groups excluding tert-OH is 1. The molecule has 1 saturated heterocycles. The van der Waals surface area contributed by atoms with Crippen molar-refractivity contribution in [2.45, 2.75) is 24.5 Å². The van der Waals surface area contributed by atoms with Gasteiger partial charge in [0.1, 0.15) is 12.0 Å². The minimum absolute atomic E-state index is 0.0728. The van der Waals surface area contributed by atoms with Gasteiger partial charge in [0.25, 0.3) is 0 Å². The fraction of sp³-hybridized carbons (Fsp3) is 0.500. The predicted octanol–water partition coefficient (Wildman–Crippen LogP) is -0.904. The zero-order valence-corrected chi connectivity index (χ0v) is 15.6. The van der Waals surface area contributed by atoms with E-state index in [2.05, 4.69) is 10.6 Å². The second-order valence-corrected chi connectivity index (χ2v) is 7.79. The molecule has 1 fully saturated rings. The summed E-state index contributed by atoms with van der Waals surface area (Å²) in [6.45, 7) is 1.31. The molecule has 0 radical (unpaired) electrons. The molecular weight excluding hydrogens is 381 g/mol. The van der Waals surface area contributed by atoms with Gasteiger partial charge in [-0.25, -0.2) is 12.8 Å². The molecule has 0 unspecified atom stereocenters. The zero-order chi connectivity index (χ0) is 20.0. The van der Waals surface area contributed by atoms with Gasteiger partial charge in [0, 0.05) is 13.1 Å². The third kappa shape index (κ3) is 5.22. The van der Waals surface area contributed by atoms with Crippen LogP contribution < -0.4 is 10.6 Å². The van der Waals surface area contributed by atoms with Crippen molar-refractivity contribution in [2.24, 2.45) is 0 Å². The lowest BCUT2D eigenvalue weighted by molar-refractivity contribution is -0.140. The number of carbonyl (C=O) groups excluding carboxylic acids is 2. The highest BCUT2D eigenvalue weighted by atomic mass is 32.2. The number of nitrogens with one attached hydrogen (secondary N) is 2. The molecule has 0 aliphatic carbocycles. The van der Waals surface area contributed by atoms with E-state index in [-0.39, 0.29) is 36.7 Å². The maximum absolute atomic E-state index is 13.4. The number of amides is 2. The summed E-state index contributed by atoms with van der Waals surface area (Å²) in [5.74, 6) is -2.42. The smallest absolute Gasteiger partial charge is 0.309 e. The molecule has 9 nitrogen and oxygen atoms in total. The van der Waals surface area contributed by atoms with E-state index in [1.165, 1.54) is 19.1 Å². The van der Waals surface area contributed by atoms with E-state index in [4.69, 9.17) is 9.84 Å². The highest BCUT2D eigenvalue weighted by Gasteiger charge is 2.35. The van der Waals surface area contributed by atoms with Gasteiger partial charge in [-0.05, 0) is 37.1 Å². The van der Waals surface area contributed by atoms with Gasteiger partial charge in [-0.3, -0.25) is 9.59 Å². The topological polar surface area (TPSA) is 125 Å². The number of nitrogens with zero attached hydrogens (tertiary/aromatic N) is 1. The minimum Gasteiger partial charge on any atom is -0.395 e. The van der Waals surface area contributed by atoms with Crippen LogP contribution in [0.5, 0.6) is 0 Å². The molecule has 1 heterocycles. The predicted molar refractivity (Wildman–Crippen MR) is 92.5 cm³/mol. The number of benzene rings is 1. The van der Waals surface area contributed by atoms with Crippen LogP contribution in [-0.4, -0.2) is 68.7 Å². The number of sulfonamides is 1. The van der Waals surface area contributed by atoms with Gasteiger partial charge in [-0.15, -0.1) is 0 Å². The Labute approximate surface area is 156 Å². The lowest BCUT2D eigenvalue weighted by Crippen LogP contribution is -2.53. The van der Waals surface area contributed by atoms with Crippen LogP contribution in [0.3, 0.4) is 0 Å². The Kier molecular flexibility index (Phi) is 7.25. The van der Waals surface area contributed by atoms with Crippen molar-refractivity contribution in [2.75, 3.05) is 32.8 Å². The molecule has 0 bridgehead atoms. The molecule has 0 spiro atoms. The van der Waals surface area contributed by atoms with Crippen LogP contribution in [0.15, 0.2) is 23.1 Å². The lowest BCUT2D eigenvalue weighted by atomic mass is 10.2.